The van der Waals surface area contributed by atoms with Gasteiger partial charge in [-0.15, -0.1) is 13.2 Å². The molecular weight excluding hydrogens is 1380 g/mol. The predicted octanol–water partition coefficient (Wildman–Crippen LogP) is 16.2. The van der Waals surface area contributed by atoms with E-state index < -0.39 is 0 Å². The highest BCUT2D eigenvalue weighted by Crippen LogP contribution is 2.33. The van der Waals surface area contributed by atoms with E-state index in [1.807, 2.05) is 185 Å². The quantitative estimate of drug-likeness (QED) is 0.0211. The summed E-state index contributed by atoms with van der Waals surface area (Å²) in [7, 11) is 0. The maximum Gasteiger partial charge on any atom is 0.221 e. The van der Waals surface area contributed by atoms with Crippen molar-refractivity contribution in [3.05, 3.63) is 257 Å². The van der Waals surface area contributed by atoms with Crippen LogP contribution in [-0.2, 0) is 83.4 Å². The van der Waals surface area contributed by atoms with Crippen LogP contribution in [-0.4, -0.2) is 63.5 Å². The zero-order valence-corrected chi connectivity index (χ0v) is 62.2. The van der Waals surface area contributed by atoms with Gasteiger partial charge in [-0.05, 0) is 169 Å². The van der Waals surface area contributed by atoms with Gasteiger partial charge < -0.3 is 44.2 Å². The van der Waals surface area contributed by atoms with Crippen molar-refractivity contribution < 1.29 is 19.2 Å². The lowest BCUT2D eigenvalue weighted by Gasteiger charge is -2.15. The van der Waals surface area contributed by atoms with E-state index in [0.29, 0.717) is 24.5 Å². The first kappa shape index (κ1) is 76.7. The lowest BCUT2D eigenvalue weighted by molar-refractivity contribution is -0.118. The summed E-state index contributed by atoms with van der Waals surface area (Å²) >= 11 is 6.51. The summed E-state index contributed by atoms with van der Waals surface area (Å²) < 4.78 is 0. The number of nitrogens with two attached hydrogens (primary N) is 4. The number of allylic oxidation sites excluding steroid dienone is 2. The van der Waals surface area contributed by atoms with E-state index >= 15 is 0 Å². The van der Waals surface area contributed by atoms with Crippen LogP contribution in [0.3, 0.4) is 0 Å². The van der Waals surface area contributed by atoms with E-state index in [9.17, 15) is 19.2 Å². The van der Waals surface area contributed by atoms with Crippen LogP contribution >= 0.6 is 45.3 Å². The van der Waals surface area contributed by atoms with Crippen molar-refractivity contribution >= 4 is 115 Å². The smallest absolute Gasteiger partial charge is 0.221 e. The number of thiophene rings is 4. The van der Waals surface area contributed by atoms with Crippen molar-refractivity contribution in [2.75, 3.05) is 21.3 Å². The standard InChI is InChI=1S/C21H22N4OS.C20H20N4OS.C20H22N4OS.C19H20N4OS/c1-3-5-17-18(4-2)24-20(15-10-11-27-13-15)25-21(17)23-16-8-6-14(7-9-16)12-19(22)26;1-3-4-17-13(2)22-19(15-9-10-26-12-15)24-20(17)23-16-7-5-14(6-8-16)11-18(21)25;1-3-16-17(4-2)23-19(14-9-10-26-12-14)24-20(16)22-15-7-5-13(6-8-15)11-18(21)25;1-3-16-12(2)21-18(14-8-9-25-11-14)23-19(16)22-15-6-4-13(5-7-15)10-17(20)24/h3,6-11,13H,1,4-5,12H2,2H3,(H2,22,26)(H,23,24,25);3,5-10,12H,1,4,11H2,2H3,(H2,21,25)(H,22,23,24);5-10,12H,3-4,11H2,1-2H3,(H2,21,25)(H,22,23,24);4-9,11H,3,10H2,1-2H3,(H2,20,24)(H,21,22,23). The molecule has 12 rings (SSSR count). The Balaban J connectivity index is 0.000000161. The second kappa shape index (κ2) is 38.0. The minimum absolute atomic E-state index is 0.233. The molecular formula is C80H84N16O4S4. The molecule has 12 aromatic rings. The molecule has 0 atom stereocenters. The lowest BCUT2D eigenvalue weighted by atomic mass is 10.1. The number of nitrogens with zero attached hydrogens (tertiary/aromatic N) is 8. The molecule has 0 saturated carbocycles. The largest absolute Gasteiger partial charge is 0.369 e. The van der Waals surface area contributed by atoms with Crippen molar-refractivity contribution in [1.29, 1.82) is 0 Å². The van der Waals surface area contributed by atoms with Crippen LogP contribution in [0, 0.1) is 13.8 Å². The minimum Gasteiger partial charge on any atom is -0.369 e. The van der Waals surface area contributed by atoms with E-state index in [2.05, 4.69) is 77.5 Å². The average Bonchev–Trinajstić information content (AvgIpc) is 1.13. The summed E-state index contributed by atoms with van der Waals surface area (Å²) in [5, 5.41) is 29.8. The Morgan fingerprint density at radius 2 is 0.606 bits per heavy atom. The second-order valence-corrected chi connectivity index (χ2v) is 27.0. The van der Waals surface area contributed by atoms with Crippen LogP contribution in [0.25, 0.3) is 45.6 Å². The van der Waals surface area contributed by atoms with Gasteiger partial charge in [-0.3, -0.25) is 19.2 Å². The molecule has 0 aliphatic carbocycles. The topological polar surface area (TPSA) is 324 Å². The molecule has 8 aromatic heterocycles. The van der Waals surface area contributed by atoms with Gasteiger partial charge in [0.1, 0.15) is 23.3 Å². The number of hydrogen-bond donors (Lipinski definition) is 8. The second-order valence-electron chi connectivity index (χ2n) is 23.9. The van der Waals surface area contributed by atoms with Crippen molar-refractivity contribution in [3.8, 4) is 45.6 Å². The van der Waals surface area contributed by atoms with Gasteiger partial charge in [-0.1, -0.05) is 88.4 Å². The summed E-state index contributed by atoms with van der Waals surface area (Å²) in [4.78, 5) is 81.9. The number of nitrogens with one attached hydrogen (secondary N) is 4. The number of primary amides is 4. The molecule has 0 spiro atoms. The molecule has 24 heteroatoms. The zero-order valence-electron chi connectivity index (χ0n) is 59.0. The zero-order chi connectivity index (χ0) is 74.1. The van der Waals surface area contributed by atoms with Crippen LogP contribution in [0.1, 0.15) is 95.0 Å². The molecule has 20 nitrogen and oxygen atoms in total. The summed E-state index contributed by atoms with van der Waals surface area (Å²) in [6.07, 6.45) is 9.41. The molecule has 0 radical (unpaired) electrons. The van der Waals surface area contributed by atoms with Crippen molar-refractivity contribution in [1.82, 2.24) is 39.9 Å². The Bertz CT molecular complexity index is 4840. The molecule has 0 aliphatic heterocycles. The van der Waals surface area contributed by atoms with Gasteiger partial charge in [0.2, 0.25) is 23.6 Å². The third-order valence-corrected chi connectivity index (χ3v) is 18.9. The third-order valence-electron chi connectivity index (χ3n) is 16.2. The highest BCUT2D eigenvalue weighted by Gasteiger charge is 2.19. The van der Waals surface area contributed by atoms with Crippen LogP contribution in [0.4, 0.5) is 46.0 Å². The maximum absolute atomic E-state index is 11.1. The SMILES string of the molecule is C=CCc1c(C)nc(-c2ccsc2)nc1Nc1ccc(CC(N)=O)cc1.C=CCc1c(CC)nc(-c2ccsc2)nc1Nc1ccc(CC(N)=O)cc1.CCc1c(C)nc(-c2ccsc2)nc1Nc1ccc(CC(N)=O)cc1.CCc1nc(-c2ccsc2)nc(Nc2ccc(CC(N)=O)cc2)c1CC. The van der Waals surface area contributed by atoms with Crippen molar-refractivity contribution in [2.24, 2.45) is 22.9 Å². The first-order valence-corrected chi connectivity index (χ1v) is 37.5. The van der Waals surface area contributed by atoms with E-state index in [1.165, 1.54) is 0 Å². The molecule has 0 aliphatic rings. The van der Waals surface area contributed by atoms with E-state index in [-0.39, 0.29) is 49.3 Å². The van der Waals surface area contributed by atoms with Gasteiger partial charge in [-0.2, -0.15) is 45.3 Å². The Labute approximate surface area is 622 Å². The van der Waals surface area contributed by atoms with Crippen molar-refractivity contribution in [3.63, 3.8) is 0 Å². The fourth-order valence-corrected chi connectivity index (χ4v) is 13.6. The first-order chi connectivity index (χ1) is 50.3. The molecule has 0 bridgehead atoms. The Morgan fingerprint density at radius 1 is 0.346 bits per heavy atom. The van der Waals surface area contributed by atoms with Gasteiger partial charge in [0.05, 0.1) is 25.7 Å². The number of hydrogen-bond acceptors (Lipinski definition) is 20. The first-order valence-electron chi connectivity index (χ1n) is 33.8. The molecule has 532 valence electrons. The Hall–Kier alpha value is -11.4. The van der Waals surface area contributed by atoms with E-state index in [1.54, 1.807) is 45.3 Å². The highest BCUT2D eigenvalue weighted by atomic mass is 32.1. The third kappa shape index (κ3) is 21.8. The van der Waals surface area contributed by atoms with E-state index in [0.717, 1.165) is 173 Å². The van der Waals surface area contributed by atoms with Crippen LogP contribution in [0.15, 0.2) is 190 Å². The van der Waals surface area contributed by atoms with Crippen LogP contribution < -0.4 is 44.2 Å². The van der Waals surface area contributed by atoms with Crippen molar-refractivity contribution in [2.45, 2.75) is 106 Å². The number of rotatable bonds is 28. The Kier molecular flexibility index (Phi) is 28.0. The number of amides is 4. The number of anilines is 8. The average molecular weight is 1460 g/mol. The Morgan fingerprint density at radius 3 is 0.875 bits per heavy atom. The molecule has 0 saturated heterocycles. The maximum atomic E-state index is 11.1. The number of carbonyl (C=O) groups is 4. The molecule has 0 unspecified atom stereocenters. The van der Waals surface area contributed by atoms with E-state index in [4.69, 9.17) is 52.8 Å². The summed E-state index contributed by atoms with van der Waals surface area (Å²) in [6.45, 7) is 20.1. The number of carbonyl (C=O) groups excluding carboxylic acids is 4. The number of aryl methyl sites for hydroxylation is 4. The fourth-order valence-electron chi connectivity index (χ4n) is 11.1. The molecule has 12 N–H and O–H groups in total. The molecule has 4 aromatic carbocycles. The van der Waals surface area contributed by atoms with Gasteiger partial charge in [0, 0.05) is 112 Å². The highest BCUT2D eigenvalue weighted by molar-refractivity contribution is 7.09. The van der Waals surface area contributed by atoms with Gasteiger partial charge >= 0.3 is 0 Å². The molecule has 4 amide bonds. The van der Waals surface area contributed by atoms with Gasteiger partial charge in [0.15, 0.2) is 23.3 Å². The van der Waals surface area contributed by atoms with Crippen LogP contribution in [0.5, 0.6) is 0 Å². The van der Waals surface area contributed by atoms with Gasteiger partial charge in [-0.25, -0.2) is 39.9 Å². The molecule has 8 heterocycles. The van der Waals surface area contributed by atoms with Crippen LogP contribution in [0.2, 0.25) is 0 Å². The molecule has 104 heavy (non-hydrogen) atoms. The van der Waals surface area contributed by atoms with Gasteiger partial charge in [0.25, 0.3) is 0 Å². The monoisotopic (exact) mass is 1460 g/mol. The minimum atomic E-state index is -0.342. The lowest BCUT2D eigenvalue weighted by Crippen LogP contribution is -2.13. The predicted molar refractivity (Wildman–Crippen MR) is 427 cm³/mol. The summed E-state index contributed by atoms with van der Waals surface area (Å²) in [5.41, 5.74) is 40.5. The summed E-state index contributed by atoms with van der Waals surface area (Å²) in [6, 6.07) is 38.7. The fraction of sp³-hybridized carbons (Fsp3) is 0.200. The summed E-state index contributed by atoms with van der Waals surface area (Å²) in [5.74, 6) is 4.74. The normalized spacial score (nSPS) is 10.6. The number of benzene rings is 4. The molecule has 0 fully saturated rings. The number of aromatic nitrogens is 8.